The summed E-state index contributed by atoms with van der Waals surface area (Å²) in [6.45, 7) is 1.99. The lowest BCUT2D eigenvalue weighted by Crippen LogP contribution is -2.21. The first-order chi connectivity index (χ1) is 16.0. The highest BCUT2D eigenvalue weighted by Gasteiger charge is 2.13. The molecule has 4 N–H and O–H groups in total. The van der Waals surface area contributed by atoms with E-state index < -0.39 is 0 Å². The van der Waals surface area contributed by atoms with E-state index in [-0.39, 0.29) is 18.5 Å². The summed E-state index contributed by atoms with van der Waals surface area (Å²) in [6, 6.07) is 23.5. The molecule has 0 saturated heterocycles. The molecule has 3 aromatic carbocycles. The van der Waals surface area contributed by atoms with Gasteiger partial charge in [-0.25, -0.2) is 4.79 Å². The summed E-state index contributed by atoms with van der Waals surface area (Å²) in [5.41, 5.74) is 3.76. The van der Waals surface area contributed by atoms with Gasteiger partial charge < -0.3 is 16.0 Å². The van der Waals surface area contributed by atoms with Crippen molar-refractivity contribution in [2.75, 3.05) is 16.0 Å². The van der Waals surface area contributed by atoms with E-state index in [1.54, 1.807) is 41.0 Å². The molecule has 0 aliphatic rings. The standard InChI is InChI=1S/C24H22N6O2S/c1-16-10-12-17(13-11-16)22-28-29-24(33)30(22)15-21(31)25-19-8-5-9-20(14-19)27-23(32)26-18-6-3-2-4-7-18/h2-14H,15H2,1H3,(H,25,31)(H,29,33)(H2,26,27,32). The normalized spacial score (nSPS) is 10.5. The molecule has 4 rings (SSSR count). The second kappa shape index (κ2) is 9.92. The minimum absolute atomic E-state index is 0.00923. The van der Waals surface area contributed by atoms with Crippen LogP contribution in [0.2, 0.25) is 0 Å². The molecule has 3 amide bonds. The Hall–Kier alpha value is -4.24. The van der Waals surface area contributed by atoms with Crippen LogP contribution in [0.4, 0.5) is 21.9 Å². The first kappa shape index (κ1) is 22.0. The van der Waals surface area contributed by atoms with Crippen LogP contribution < -0.4 is 16.0 Å². The molecule has 0 aliphatic heterocycles. The van der Waals surface area contributed by atoms with Gasteiger partial charge in [-0.15, -0.1) is 0 Å². The Morgan fingerprint density at radius 1 is 0.879 bits per heavy atom. The quantitative estimate of drug-likeness (QED) is 0.298. The van der Waals surface area contributed by atoms with E-state index in [1.165, 1.54) is 0 Å². The number of urea groups is 1. The molecule has 0 bridgehead atoms. The highest BCUT2D eigenvalue weighted by atomic mass is 32.1. The van der Waals surface area contributed by atoms with Crippen LogP contribution in [-0.2, 0) is 11.3 Å². The van der Waals surface area contributed by atoms with Gasteiger partial charge in [-0.2, -0.15) is 5.10 Å². The smallest absolute Gasteiger partial charge is 0.323 e. The van der Waals surface area contributed by atoms with Crippen LogP contribution in [0.15, 0.2) is 78.9 Å². The zero-order chi connectivity index (χ0) is 23.2. The number of carbonyl (C=O) groups excluding carboxylic acids is 2. The van der Waals surface area contributed by atoms with Gasteiger partial charge in [0.1, 0.15) is 6.54 Å². The Morgan fingerprint density at radius 2 is 1.52 bits per heavy atom. The molecule has 0 aliphatic carbocycles. The van der Waals surface area contributed by atoms with E-state index in [9.17, 15) is 9.59 Å². The van der Waals surface area contributed by atoms with Crippen molar-refractivity contribution in [1.29, 1.82) is 0 Å². The van der Waals surface area contributed by atoms with Gasteiger partial charge in [0.05, 0.1) is 0 Å². The summed E-state index contributed by atoms with van der Waals surface area (Å²) >= 11 is 5.31. The average molecular weight is 459 g/mol. The Labute approximate surface area is 195 Å². The number of H-pyrrole nitrogens is 1. The monoisotopic (exact) mass is 458 g/mol. The third-order valence-electron chi connectivity index (χ3n) is 4.81. The number of hydrogen-bond donors (Lipinski definition) is 4. The summed E-state index contributed by atoms with van der Waals surface area (Å²) in [5.74, 6) is 0.315. The van der Waals surface area contributed by atoms with Crippen molar-refractivity contribution >= 4 is 41.2 Å². The fraction of sp³-hybridized carbons (Fsp3) is 0.0833. The number of nitrogens with one attached hydrogen (secondary N) is 4. The van der Waals surface area contributed by atoms with Gasteiger partial charge in [-0.1, -0.05) is 54.1 Å². The lowest BCUT2D eigenvalue weighted by molar-refractivity contribution is -0.116. The molecule has 9 heteroatoms. The minimum atomic E-state index is -0.378. The van der Waals surface area contributed by atoms with Crippen molar-refractivity contribution in [2.45, 2.75) is 13.5 Å². The number of nitrogens with zero attached hydrogens (tertiary/aromatic N) is 2. The van der Waals surface area contributed by atoms with Crippen molar-refractivity contribution in [3.05, 3.63) is 89.2 Å². The zero-order valence-corrected chi connectivity index (χ0v) is 18.6. The summed E-state index contributed by atoms with van der Waals surface area (Å²) in [7, 11) is 0. The van der Waals surface area contributed by atoms with Gasteiger partial charge in [0, 0.05) is 22.6 Å². The predicted molar refractivity (Wildman–Crippen MR) is 132 cm³/mol. The molecule has 0 spiro atoms. The zero-order valence-electron chi connectivity index (χ0n) is 17.8. The van der Waals surface area contributed by atoms with Gasteiger partial charge in [-0.3, -0.25) is 14.5 Å². The van der Waals surface area contributed by atoms with Crippen LogP contribution in [0.25, 0.3) is 11.4 Å². The fourth-order valence-electron chi connectivity index (χ4n) is 3.22. The third-order valence-corrected chi connectivity index (χ3v) is 5.12. The molecular weight excluding hydrogens is 436 g/mol. The lowest BCUT2D eigenvalue weighted by atomic mass is 10.1. The first-order valence-corrected chi connectivity index (χ1v) is 10.6. The molecule has 0 saturated carbocycles. The molecule has 0 unspecified atom stereocenters. The molecule has 33 heavy (non-hydrogen) atoms. The SMILES string of the molecule is Cc1ccc(-c2n[nH]c(=S)n2CC(=O)Nc2cccc(NC(=O)Nc3ccccc3)c2)cc1. The number of amides is 3. The number of anilines is 3. The number of carbonyl (C=O) groups is 2. The number of benzene rings is 3. The third kappa shape index (κ3) is 5.72. The van der Waals surface area contributed by atoms with Crippen molar-refractivity contribution < 1.29 is 9.59 Å². The highest BCUT2D eigenvalue weighted by Crippen LogP contribution is 2.19. The fourth-order valence-corrected chi connectivity index (χ4v) is 3.42. The maximum atomic E-state index is 12.7. The molecule has 166 valence electrons. The number of aromatic nitrogens is 3. The van der Waals surface area contributed by atoms with E-state index in [0.717, 1.165) is 11.1 Å². The number of aromatic amines is 1. The van der Waals surface area contributed by atoms with E-state index in [0.29, 0.717) is 27.7 Å². The summed E-state index contributed by atoms with van der Waals surface area (Å²) in [5, 5.41) is 15.4. The average Bonchev–Trinajstić information content (AvgIpc) is 3.15. The van der Waals surface area contributed by atoms with Crippen LogP contribution in [0.5, 0.6) is 0 Å². The Kier molecular flexibility index (Phi) is 6.61. The lowest BCUT2D eigenvalue weighted by Gasteiger charge is -2.11. The molecule has 1 aromatic heterocycles. The van der Waals surface area contributed by atoms with Gasteiger partial charge in [0.25, 0.3) is 0 Å². The largest absolute Gasteiger partial charge is 0.324 e. The number of rotatable bonds is 6. The first-order valence-electron chi connectivity index (χ1n) is 10.2. The van der Waals surface area contributed by atoms with E-state index in [2.05, 4.69) is 26.1 Å². The molecular formula is C24H22N6O2S. The van der Waals surface area contributed by atoms with E-state index in [1.807, 2.05) is 49.4 Å². The second-order valence-electron chi connectivity index (χ2n) is 7.38. The Morgan fingerprint density at radius 3 is 2.24 bits per heavy atom. The van der Waals surface area contributed by atoms with Crippen molar-refractivity contribution in [2.24, 2.45) is 0 Å². The second-order valence-corrected chi connectivity index (χ2v) is 7.77. The molecule has 8 nitrogen and oxygen atoms in total. The van der Waals surface area contributed by atoms with Crippen LogP contribution in [0.3, 0.4) is 0 Å². The van der Waals surface area contributed by atoms with Gasteiger partial charge >= 0.3 is 6.03 Å². The maximum absolute atomic E-state index is 12.7. The minimum Gasteiger partial charge on any atom is -0.324 e. The van der Waals surface area contributed by atoms with Crippen molar-refractivity contribution in [1.82, 2.24) is 14.8 Å². The van der Waals surface area contributed by atoms with E-state index in [4.69, 9.17) is 12.2 Å². The Balaban J connectivity index is 1.42. The summed E-state index contributed by atoms with van der Waals surface area (Å²) in [6.07, 6.45) is 0. The van der Waals surface area contributed by atoms with Crippen molar-refractivity contribution in [3.63, 3.8) is 0 Å². The maximum Gasteiger partial charge on any atom is 0.323 e. The number of aryl methyl sites for hydroxylation is 1. The molecule has 0 atom stereocenters. The summed E-state index contributed by atoms with van der Waals surface area (Å²) in [4.78, 5) is 24.9. The van der Waals surface area contributed by atoms with Gasteiger partial charge in [0.2, 0.25) is 5.91 Å². The highest BCUT2D eigenvalue weighted by molar-refractivity contribution is 7.71. The van der Waals surface area contributed by atoms with Crippen molar-refractivity contribution in [3.8, 4) is 11.4 Å². The topological polar surface area (TPSA) is 104 Å². The molecule has 0 fully saturated rings. The van der Waals surface area contributed by atoms with Crippen LogP contribution in [0, 0.1) is 11.7 Å². The van der Waals surface area contributed by atoms with E-state index >= 15 is 0 Å². The number of hydrogen-bond acceptors (Lipinski definition) is 4. The molecule has 0 radical (unpaired) electrons. The number of para-hydroxylation sites is 1. The predicted octanol–water partition coefficient (Wildman–Crippen LogP) is 5.20. The molecule has 1 heterocycles. The Bertz CT molecular complexity index is 1330. The van der Waals surface area contributed by atoms with Gasteiger partial charge in [0.15, 0.2) is 10.6 Å². The van der Waals surface area contributed by atoms with Crippen LogP contribution in [0.1, 0.15) is 5.56 Å². The molecule has 4 aromatic rings. The van der Waals surface area contributed by atoms with Gasteiger partial charge in [-0.05, 0) is 49.5 Å². The van der Waals surface area contributed by atoms with Crippen LogP contribution >= 0.6 is 12.2 Å². The summed E-state index contributed by atoms with van der Waals surface area (Å²) < 4.78 is 2.00. The van der Waals surface area contributed by atoms with Crippen LogP contribution in [-0.4, -0.2) is 26.7 Å².